The van der Waals surface area contributed by atoms with Gasteiger partial charge < -0.3 is 5.32 Å². The maximum absolute atomic E-state index is 12.3. The van der Waals surface area contributed by atoms with Gasteiger partial charge in [0.05, 0.1) is 0 Å². The summed E-state index contributed by atoms with van der Waals surface area (Å²) in [5.74, 6) is -0.223. The van der Waals surface area contributed by atoms with Crippen LogP contribution < -0.4 is 10.8 Å². The average molecular weight is 292 g/mol. The highest BCUT2D eigenvalue weighted by molar-refractivity contribution is 5.94. The van der Waals surface area contributed by atoms with Crippen molar-refractivity contribution >= 4 is 17.5 Å². The first-order valence-electron chi connectivity index (χ1n) is 7.14. The predicted octanol–water partition coefficient (Wildman–Crippen LogP) is 2.96. The lowest BCUT2D eigenvalue weighted by Crippen LogP contribution is -2.32. The Bertz CT molecular complexity index is 472. The van der Waals surface area contributed by atoms with Gasteiger partial charge in [0.2, 0.25) is 11.8 Å². The zero-order valence-electron chi connectivity index (χ0n) is 12.8. The Morgan fingerprint density at radius 2 is 1.86 bits per heavy atom. The van der Waals surface area contributed by atoms with E-state index < -0.39 is 11.3 Å². The molecule has 0 saturated heterocycles. The summed E-state index contributed by atoms with van der Waals surface area (Å²) in [6, 6.07) is 9.35. The molecule has 116 valence electrons. The van der Waals surface area contributed by atoms with Crippen LogP contribution in [0.15, 0.2) is 30.3 Å². The van der Waals surface area contributed by atoms with Crippen molar-refractivity contribution in [3.05, 3.63) is 30.3 Å². The zero-order valence-corrected chi connectivity index (χ0v) is 12.8. The highest BCUT2D eigenvalue weighted by atomic mass is 16.5. The molecule has 5 heteroatoms. The molecule has 0 spiro atoms. The molecule has 0 aliphatic rings. The van der Waals surface area contributed by atoms with Crippen LogP contribution in [0, 0.1) is 11.3 Å². The largest absolute Gasteiger partial charge is 0.326 e. The first-order chi connectivity index (χ1) is 9.85. The Balaban J connectivity index is 2.51. The van der Waals surface area contributed by atoms with Gasteiger partial charge >= 0.3 is 0 Å². The van der Waals surface area contributed by atoms with Crippen LogP contribution in [0.4, 0.5) is 5.69 Å². The van der Waals surface area contributed by atoms with Crippen LogP contribution in [0.1, 0.15) is 40.0 Å². The van der Waals surface area contributed by atoms with Gasteiger partial charge in [0, 0.05) is 17.5 Å². The lowest BCUT2D eigenvalue weighted by atomic mass is 9.81. The minimum absolute atomic E-state index is 0.0350. The SMILES string of the molecule is CC(CCC(=O)NO)CC(C)(C)C(=O)Nc1ccccc1. The Kier molecular flexibility index (Phi) is 6.37. The van der Waals surface area contributed by atoms with Gasteiger partial charge in [-0.15, -0.1) is 0 Å². The van der Waals surface area contributed by atoms with Crippen LogP contribution in [-0.4, -0.2) is 17.0 Å². The van der Waals surface area contributed by atoms with E-state index in [2.05, 4.69) is 5.32 Å². The van der Waals surface area contributed by atoms with Gasteiger partial charge in [-0.25, -0.2) is 5.48 Å². The molecule has 1 unspecified atom stereocenters. The van der Waals surface area contributed by atoms with E-state index in [9.17, 15) is 9.59 Å². The average Bonchev–Trinajstić information content (AvgIpc) is 2.45. The van der Waals surface area contributed by atoms with E-state index in [1.807, 2.05) is 51.1 Å². The summed E-state index contributed by atoms with van der Waals surface area (Å²) in [7, 11) is 0. The standard InChI is InChI=1S/C16H24N2O3/c1-12(9-10-14(19)18-21)11-16(2,3)15(20)17-13-7-5-4-6-8-13/h4-8,12,21H,9-11H2,1-3H3,(H,17,20)(H,18,19). The van der Waals surface area contributed by atoms with Gasteiger partial charge in [-0.05, 0) is 30.9 Å². The fourth-order valence-electron chi connectivity index (χ4n) is 2.32. The number of hydrogen-bond acceptors (Lipinski definition) is 3. The number of hydroxylamine groups is 1. The summed E-state index contributed by atoms with van der Waals surface area (Å²) in [5, 5.41) is 11.4. The number of carbonyl (C=O) groups is 2. The third-order valence-electron chi connectivity index (χ3n) is 3.49. The summed E-state index contributed by atoms with van der Waals surface area (Å²) in [6.45, 7) is 5.80. The van der Waals surface area contributed by atoms with Crippen molar-refractivity contribution in [3.8, 4) is 0 Å². The monoisotopic (exact) mass is 292 g/mol. The van der Waals surface area contributed by atoms with Crippen molar-refractivity contribution in [2.45, 2.75) is 40.0 Å². The van der Waals surface area contributed by atoms with Crippen LogP contribution >= 0.6 is 0 Å². The maximum atomic E-state index is 12.3. The van der Waals surface area contributed by atoms with Crippen molar-refractivity contribution in [3.63, 3.8) is 0 Å². The third-order valence-corrected chi connectivity index (χ3v) is 3.49. The summed E-state index contributed by atoms with van der Waals surface area (Å²) in [6.07, 6.45) is 1.56. The van der Waals surface area contributed by atoms with Crippen molar-refractivity contribution in [2.24, 2.45) is 11.3 Å². The molecule has 0 aliphatic carbocycles. The quantitative estimate of drug-likeness (QED) is 0.534. The highest BCUT2D eigenvalue weighted by Crippen LogP contribution is 2.29. The number of rotatable bonds is 7. The first kappa shape index (κ1) is 17.2. The molecule has 5 nitrogen and oxygen atoms in total. The molecule has 3 N–H and O–H groups in total. The van der Waals surface area contributed by atoms with Crippen LogP contribution in [0.3, 0.4) is 0 Å². The molecule has 0 fully saturated rings. The highest BCUT2D eigenvalue weighted by Gasteiger charge is 2.29. The molecule has 1 aromatic rings. The number of hydrogen-bond donors (Lipinski definition) is 3. The fourth-order valence-corrected chi connectivity index (χ4v) is 2.32. The van der Waals surface area contributed by atoms with Crippen LogP contribution in [0.25, 0.3) is 0 Å². The van der Waals surface area contributed by atoms with Crippen molar-refractivity contribution in [2.75, 3.05) is 5.32 Å². The second-order valence-corrected chi connectivity index (χ2v) is 6.09. The van der Waals surface area contributed by atoms with Gasteiger partial charge in [0.1, 0.15) is 0 Å². The van der Waals surface area contributed by atoms with E-state index in [0.29, 0.717) is 12.8 Å². The van der Waals surface area contributed by atoms with Gasteiger partial charge in [0.25, 0.3) is 0 Å². The van der Waals surface area contributed by atoms with Crippen molar-refractivity contribution < 1.29 is 14.8 Å². The molecule has 21 heavy (non-hydrogen) atoms. The Labute approximate surface area is 125 Å². The zero-order chi connectivity index (χ0) is 15.9. The Morgan fingerprint density at radius 1 is 1.24 bits per heavy atom. The number of nitrogens with one attached hydrogen (secondary N) is 2. The molecule has 0 bridgehead atoms. The predicted molar refractivity (Wildman–Crippen MR) is 81.8 cm³/mol. The topological polar surface area (TPSA) is 78.4 Å². The molecule has 1 atom stereocenters. The molecule has 0 heterocycles. The smallest absolute Gasteiger partial charge is 0.243 e. The summed E-state index contributed by atoms with van der Waals surface area (Å²) < 4.78 is 0. The van der Waals surface area contributed by atoms with Gasteiger partial charge in [-0.3, -0.25) is 14.8 Å². The summed E-state index contributed by atoms with van der Waals surface area (Å²) >= 11 is 0. The van der Waals surface area contributed by atoms with E-state index in [0.717, 1.165) is 5.69 Å². The molecule has 0 saturated carbocycles. The molecule has 0 aromatic heterocycles. The first-order valence-corrected chi connectivity index (χ1v) is 7.14. The molecular weight excluding hydrogens is 268 g/mol. The Hall–Kier alpha value is -1.88. The molecule has 1 aromatic carbocycles. The van der Waals surface area contributed by atoms with E-state index in [-0.39, 0.29) is 18.2 Å². The molecule has 0 radical (unpaired) electrons. The minimum atomic E-state index is -0.523. The van der Waals surface area contributed by atoms with E-state index >= 15 is 0 Å². The number of carbonyl (C=O) groups excluding carboxylic acids is 2. The van der Waals surface area contributed by atoms with Gasteiger partial charge in [0.15, 0.2) is 0 Å². The third kappa shape index (κ3) is 5.95. The lowest BCUT2D eigenvalue weighted by molar-refractivity contribution is -0.129. The van der Waals surface area contributed by atoms with Gasteiger partial charge in [-0.2, -0.15) is 0 Å². The molecule has 1 rings (SSSR count). The van der Waals surface area contributed by atoms with Crippen LogP contribution in [0.5, 0.6) is 0 Å². The lowest BCUT2D eigenvalue weighted by Gasteiger charge is -2.27. The number of para-hydroxylation sites is 1. The second kappa shape index (κ2) is 7.78. The van der Waals surface area contributed by atoms with Gasteiger partial charge in [-0.1, -0.05) is 39.0 Å². The maximum Gasteiger partial charge on any atom is 0.243 e. The normalized spacial score (nSPS) is 12.6. The van der Waals surface area contributed by atoms with Crippen LogP contribution in [0.2, 0.25) is 0 Å². The van der Waals surface area contributed by atoms with Crippen molar-refractivity contribution in [1.29, 1.82) is 0 Å². The number of anilines is 1. The minimum Gasteiger partial charge on any atom is -0.326 e. The Morgan fingerprint density at radius 3 is 2.43 bits per heavy atom. The number of amides is 2. The summed E-state index contributed by atoms with van der Waals surface area (Å²) in [4.78, 5) is 23.4. The fraction of sp³-hybridized carbons (Fsp3) is 0.500. The van der Waals surface area contributed by atoms with Crippen LogP contribution in [-0.2, 0) is 9.59 Å². The molecule has 0 aliphatic heterocycles. The van der Waals surface area contributed by atoms with E-state index in [1.165, 1.54) is 0 Å². The summed E-state index contributed by atoms with van der Waals surface area (Å²) in [5.41, 5.74) is 1.88. The second-order valence-electron chi connectivity index (χ2n) is 6.09. The van der Waals surface area contributed by atoms with Crippen molar-refractivity contribution in [1.82, 2.24) is 5.48 Å². The van der Waals surface area contributed by atoms with E-state index in [4.69, 9.17) is 5.21 Å². The number of benzene rings is 1. The molecular formula is C16H24N2O3. The van der Waals surface area contributed by atoms with E-state index in [1.54, 1.807) is 5.48 Å². The molecule has 2 amide bonds.